The molecule has 2 aromatic carbocycles. The number of benzene rings is 2. The molecular formula is C14H8BrClFNO3. The van der Waals surface area contributed by atoms with Crippen LogP contribution in [0.1, 0.15) is 20.7 Å². The minimum atomic E-state index is -1.34. The van der Waals surface area contributed by atoms with E-state index in [1.165, 1.54) is 24.3 Å². The van der Waals surface area contributed by atoms with Gasteiger partial charge in [-0.2, -0.15) is 0 Å². The number of halogens is 3. The summed E-state index contributed by atoms with van der Waals surface area (Å²) in [6.07, 6.45) is 0. The van der Waals surface area contributed by atoms with E-state index in [2.05, 4.69) is 21.2 Å². The number of carboxylic acids is 1. The number of carbonyl (C=O) groups excluding carboxylic acids is 1. The van der Waals surface area contributed by atoms with Crippen LogP contribution in [-0.2, 0) is 0 Å². The Balaban J connectivity index is 2.38. The molecule has 0 aliphatic carbocycles. The van der Waals surface area contributed by atoms with Crippen molar-refractivity contribution >= 4 is 45.1 Å². The van der Waals surface area contributed by atoms with Gasteiger partial charge in [0.15, 0.2) is 0 Å². The van der Waals surface area contributed by atoms with Crippen molar-refractivity contribution in [2.75, 3.05) is 5.32 Å². The van der Waals surface area contributed by atoms with Gasteiger partial charge in [-0.05, 0) is 30.3 Å². The quantitative estimate of drug-likeness (QED) is 0.849. The summed E-state index contributed by atoms with van der Waals surface area (Å²) < 4.78 is 14.3. The van der Waals surface area contributed by atoms with E-state index in [0.29, 0.717) is 9.50 Å². The SMILES string of the molecule is O=C(Nc1c(F)cccc1C(=O)O)c1cc(Cl)cc(Br)c1. The van der Waals surface area contributed by atoms with Gasteiger partial charge in [0.2, 0.25) is 0 Å². The Morgan fingerprint density at radius 3 is 2.57 bits per heavy atom. The average Bonchev–Trinajstić information content (AvgIpc) is 2.39. The fourth-order valence-electron chi connectivity index (χ4n) is 1.70. The van der Waals surface area contributed by atoms with Gasteiger partial charge < -0.3 is 10.4 Å². The fourth-order valence-corrected chi connectivity index (χ4v) is 2.56. The summed E-state index contributed by atoms with van der Waals surface area (Å²) in [6, 6.07) is 7.99. The molecule has 0 saturated heterocycles. The number of anilines is 1. The van der Waals surface area contributed by atoms with Crippen molar-refractivity contribution in [3.05, 3.63) is 62.8 Å². The van der Waals surface area contributed by atoms with E-state index in [-0.39, 0.29) is 16.8 Å². The molecule has 108 valence electrons. The van der Waals surface area contributed by atoms with Gasteiger partial charge in [0.1, 0.15) is 5.82 Å². The summed E-state index contributed by atoms with van der Waals surface area (Å²) >= 11 is 9.02. The van der Waals surface area contributed by atoms with Crippen LogP contribution in [0.4, 0.5) is 10.1 Å². The van der Waals surface area contributed by atoms with Crippen LogP contribution in [0.3, 0.4) is 0 Å². The van der Waals surface area contributed by atoms with E-state index in [1.807, 2.05) is 0 Å². The van der Waals surface area contributed by atoms with Crippen molar-refractivity contribution in [2.45, 2.75) is 0 Å². The van der Waals surface area contributed by atoms with Gasteiger partial charge >= 0.3 is 5.97 Å². The number of nitrogens with one attached hydrogen (secondary N) is 1. The number of carbonyl (C=O) groups is 2. The number of aromatic carboxylic acids is 1. The molecule has 0 spiro atoms. The maximum atomic E-state index is 13.7. The number of rotatable bonds is 3. The van der Waals surface area contributed by atoms with Crippen molar-refractivity contribution < 1.29 is 19.1 Å². The van der Waals surface area contributed by atoms with Crippen molar-refractivity contribution in [3.63, 3.8) is 0 Å². The van der Waals surface area contributed by atoms with Crippen LogP contribution in [0.2, 0.25) is 5.02 Å². The first-order valence-corrected chi connectivity index (χ1v) is 6.85. The zero-order chi connectivity index (χ0) is 15.6. The molecule has 0 unspecified atom stereocenters. The second-order valence-electron chi connectivity index (χ2n) is 4.08. The highest BCUT2D eigenvalue weighted by atomic mass is 79.9. The van der Waals surface area contributed by atoms with E-state index in [0.717, 1.165) is 6.07 Å². The molecule has 7 heteroatoms. The zero-order valence-electron chi connectivity index (χ0n) is 10.4. The van der Waals surface area contributed by atoms with Gasteiger partial charge in [-0.3, -0.25) is 4.79 Å². The number of hydrogen-bond donors (Lipinski definition) is 2. The Labute approximate surface area is 132 Å². The summed E-state index contributed by atoms with van der Waals surface area (Å²) in [7, 11) is 0. The van der Waals surface area contributed by atoms with E-state index < -0.39 is 17.7 Å². The van der Waals surface area contributed by atoms with E-state index >= 15 is 0 Å². The summed E-state index contributed by atoms with van der Waals surface area (Å²) in [5.41, 5.74) is -0.537. The lowest BCUT2D eigenvalue weighted by Gasteiger charge is -2.10. The Morgan fingerprint density at radius 1 is 1.24 bits per heavy atom. The summed E-state index contributed by atoms with van der Waals surface area (Å²) in [6.45, 7) is 0. The van der Waals surface area contributed by atoms with E-state index in [4.69, 9.17) is 16.7 Å². The third-order valence-corrected chi connectivity index (χ3v) is 3.28. The molecule has 0 heterocycles. The first-order valence-electron chi connectivity index (χ1n) is 5.67. The molecule has 2 aromatic rings. The van der Waals surface area contributed by atoms with Gasteiger partial charge in [0, 0.05) is 15.1 Å². The third-order valence-electron chi connectivity index (χ3n) is 2.61. The summed E-state index contributed by atoms with van der Waals surface area (Å²) in [5, 5.41) is 11.6. The van der Waals surface area contributed by atoms with Crippen LogP contribution in [-0.4, -0.2) is 17.0 Å². The number of hydrogen-bond acceptors (Lipinski definition) is 2. The van der Waals surface area contributed by atoms with Gasteiger partial charge in [-0.15, -0.1) is 0 Å². The standard InChI is InChI=1S/C14H8BrClFNO3/c15-8-4-7(5-9(16)6-8)13(19)18-12-10(14(20)21)2-1-3-11(12)17/h1-6H,(H,18,19)(H,20,21). The first-order chi connectivity index (χ1) is 9.88. The molecule has 0 aliphatic heterocycles. The van der Waals surface area contributed by atoms with Crippen LogP contribution < -0.4 is 5.32 Å². The van der Waals surface area contributed by atoms with Crippen LogP contribution in [0.5, 0.6) is 0 Å². The second-order valence-corrected chi connectivity index (χ2v) is 5.43. The van der Waals surface area contributed by atoms with Crippen molar-refractivity contribution in [1.29, 1.82) is 0 Å². The normalized spacial score (nSPS) is 10.2. The Morgan fingerprint density at radius 2 is 1.95 bits per heavy atom. The monoisotopic (exact) mass is 371 g/mol. The maximum absolute atomic E-state index is 13.7. The first kappa shape index (κ1) is 15.5. The lowest BCUT2D eigenvalue weighted by molar-refractivity contribution is 0.0697. The van der Waals surface area contributed by atoms with E-state index in [9.17, 15) is 14.0 Å². The molecule has 4 nitrogen and oxygen atoms in total. The molecule has 0 fully saturated rings. The highest BCUT2D eigenvalue weighted by molar-refractivity contribution is 9.10. The van der Waals surface area contributed by atoms with Crippen molar-refractivity contribution in [1.82, 2.24) is 0 Å². The van der Waals surface area contributed by atoms with Crippen LogP contribution in [0.15, 0.2) is 40.9 Å². The molecule has 21 heavy (non-hydrogen) atoms. The van der Waals surface area contributed by atoms with Gasteiger partial charge in [0.25, 0.3) is 5.91 Å². The molecular weight excluding hydrogens is 365 g/mol. The largest absolute Gasteiger partial charge is 0.478 e. The molecule has 0 saturated carbocycles. The molecule has 2 N–H and O–H groups in total. The molecule has 0 aliphatic rings. The number of amides is 1. The Kier molecular flexibility index (Phi) is 4.59. The average molecular weight is 373 g/mol. The predicted octanol–water partition coefficient (Wildman–Crippen LogP) is 4.19. The lowest BCUT2D eigenvalue weighted by Crippen LogP contribution is -2.16. The van der Waals surface area contributed by atoms with E-state index in [1.54, 1.807) is 6.07 Å². The molecule has 1 amide bonds. The minimum Gasteiger partial charge on any atom is -0.478 e. The topological polar surface area (TPSA) is 66.4 Å². The molecule has 0 radical (unpaired) electrons. The summed E-state index contributed by atoms with van der Waals surface area (Å²) in [5.74, 6) is -2.83. The van der Waals surface area contributed by atoms with Crippen LogP contribution in [0.25, 0.3) is 0 Å². The second kappa shape index (κ2) is 6.24. The predicted molar refractivity (Wildman–Crippen MR) is 80.5 cm³/mol. The lowest BCUT2D eigenvalue weighted by atomic mass is 10.1. The minimum absolute atomic E-state index is 0.175. The zero-order valence-corrected chi connectivity index (χ0v) is 12.7. The summed E-state index contributed by atoms with van der Waals surface area (Å²) in [4.78, 5) is 23.1. The number of carboxylic acid groups (broad SMARTS) is 1. The van der Waals surface area contributed by atoms with Gasteiger partial charge in [0.05, 0.1) is 11.3 Å². The third kappa shape index (κ3) is 3.59. The van der Waals surface area contributed by atoms with Gasteiger partial charge in [-0.1, -0.05) is 33.6 Å². The molecule has 0 atom stereocenters. The Hall–Kier alpha value is -1.92. The highest BCUT2D eigenvalue weighted by Gasteiger charge is 2.17. The molecule has 0 bridgehead atoms. The number of para-hydroxylation sites is 1. The molecule has 0 aromatic heterocycles. The highest BCUT2D eigenvalue weighted by Crippen LogP contribution is 2.23. The van der Waals surface area contributed by atoms with Crippen LogP contribution in [0, 0.1) is 5.82 Å². The fraction of sp³-hybridized carbons (Fsp3) is 0. The van der Waals surface area contributed by atoms with Crippen molar-refractivity contribution in [3.8, 4) is 0 Å². The van der Waals surface area contributed by atoms with Gasteiger partial charge in [-0.25, -0.2) is 9.18 Å². The van der Waals surface area contributed by atoms with Crippen molar-refractivity contribution in [2.24, 2.45) is 0 Å². The Bertz CT molecular complexity index is 716. The smallest absolute Gasteiger partial charge is 0.337 e. The van der Waals surface area contributed by atoms with Crippen LogP contribution >= 0.6 is 27.5 Å². The maximum Gasteiger partial charge on any atom is 0.337 e. The molecule has 2 rings (SSSR count).